The standard InChI is InChI=1S/C15H20N2O3/c1-12(15(19)17-7-9-20-10-8-17)16-14(18)11-13-5-3-2-4-6-13/h2-6,12H,7-11H2,1H3,(H,16,18)/t12-/m1/s1. The van der Waals surface area contributed by atoms with Gasteiger partial charge in [-0.15, -0.1) is 0 Å². The highest BCUT2D eigenvalue weighted by Crippen LogP contribution is 2.02. The minimum absolute atomic E-state index is 0.0466. The predicted octanol–water partition coefficient (Wildman–Crippen LogP) is 0.593. The number of ether oxygens (including phenoxy) is 1. The van der Waals surface area contributed by atoms with Gasteiger partial charge in [-0.05, 0) is 12.5 Å². The van der Waals surface area contributed by atoms with Gasteiger partial charge in [-0.1, -0.05) is 30.3 Å². The first-order chi connectivity index (χ1) is 9.66. The molecule has 108 valence electrons. The Morgan fingerprint density at radius 1 is 1.25 bits per heavy atom. The Balaban J connectivity index is 1.82. The lowest BCUT2D eigenvalue weighted by Gasteiger charge is -2.29. The van der Waals surface area contributed by atoms with Gasteiger partial charge in [0.2, 0.25) is 11.8 Å². The zero-order chi connectivity index (χ0) is 14.4. The van der Waals surface area contributed by atoms with Gasteiger partial charge in [0.15, 0.2) is 0 Å². The summed E-state index contributed by atoms with van der Waals surface area (Å²) in [6, 6.07) is 8.99. The molecule has 5 nitrogen and oxygen atoms in total. The second-order valence-corrected chi connectivity index (χ2v) is 4.89. The molecule has 1 fully saturated rings. The number of carbonyl (C=O) groups is 2. The van der Waals surface area contributed by atoms with Crippen LogP contribution in [0.15, 0.2) is 30.3 Å². The number of morpholine rings is 1. The average Bonchev–Trinajstić information content (AvgIpc) is 2.48. The molecule has 1 saturated heterocycles. The first-order valence-electron chi connectivity index (χ1n) is 6.86. The van der Waals surface area contributed by atoms with E-state index >= 15 is 0 Å². The minimum Gasteiger partial charge on any atom is -0.378 e. The zero-order valence-electron chi connectivity index (χ0n) is 11.7. The van der Waals surface area contributed by atoms with Crippen molar-refractivity contribution in [1.29, 1.82) is 0 Å². The molecule has 1 N–H and O–H groups in total. The monoisotopic (exact) mass is 276 g/mol. The summed E-state index contributed by atoms with van der Waals surface area (Å²) in [4.78, 5) is 25.8. The van der Waals surface area contributed by atoms with Gasteiger partial charge in [-0.2, -0.15) is 0 Å². The summed E-state index contributed by atoms with van der Waals surface area (Å²) in [7, 11) is 0. The van der Waals surface area contributed by atoms with Crippen LogP contribution in [0.1, 0.15) is 12.5 Å². The fraction of sp³-hybridized carbons (Fsp3) is 0.467. The molecule has 0 aromatic heterocycles. The summed E-state index contributed by atoms with van der Waals surface area (Å²) in [6.45, 7) is 4.04. The van der Waals surface area contributed by atoms with Crippen LogP contribution in [-0.2, 0) is 20.7 Å². The van der Waals surface area contributed by atoms with Crippen molar-refractivity contribution in [3.05, 3.63) is 35.9 Å². The molecule has 0 radical (unpaired) electrons. The van der Waals surface area contributed by atoms with E-state index in [1.807, 2.05) is 30.3 Å². The second kappa shape index (κ2) is 7.05. The van der Waals surface area contributed by atoms with Crippen LogP contribution < -0.4 is 5.32 Å². The molecule has 1 aliphatic heterocycles. The van der Waals surface area contributed by atoms with Crippen LogP contribution in [0.3, 0.4) is 0 Å². The Morgan fingerprint density at radius 2 is 1.90 bits per heavy atom. The molecule has 0 saturated carbocycles. The highest BCUT2D eigenvalue weighted by molar-refractivity contribution is 5.88. The lowest BCUT2D eigenvalue weighted by molar-refractivity contribution is -0.139. The van der Waals surface area contributed by atoms with Crippen molar-refractivity contribution in [2.24, 2.45) is 0 Å². The molecule has 0 spiro atoms. The van der Waals surface area contributed by atoms with Crippen LogP contribution in [0.25, 0.3) is 0 Å². The molecule has 1 atom stereocenters. The SMILES string of the molecule is C[C@@H](NC(=O)Cc1ccccc1)C(=O)N1CCOCC1. The van der Waals surface area contributed by atoms with Crippen LogP contribution in [0.5, 0.6) is 0 Å². The molecule has 1 aromatic rings. The van der Waals surface area contributed by atoms with Crippen molar-refractivity contribution < 1.29 is 14.3 Å². The molecule has 2 rings (SSSR count). The van der Waals surface area contributed by atoms with Crippen molar-refractivity contribution in [2.75, 3.05) is 26.3 Å². The van der Waals surface area contributed by atoms with Crippen molar-refractivity contribution in [1.82, 2.24) is 10.2 Å². The predicted molar refractivity (Wildman–Crippen MR) is 75.1 cm³/mol. The Morgan fingerprint density at radius 3 is 2.55 bits per heavy atom. The topological polar surface area (TPSA) is 58.6 Å². The first-order valence-corrected chi connectivity index (χ1v) is 6.86. The molecule has 0 bridgehead atoms. The lowest BCUT2D eigenvalue weighted by Crippen LogP contribution is -2.50. The summed E-state index contributed by atoms with van der Waals surface area (Å²) < 4.78 is 5.21. The number of hydrogen-bond donors (Lipinski definition) is 1. The molecule has 1 heterocycles. The molecule has 5 heteroatoms. The van der Waals surface area contributed by atoms with E-state index in [1.54, 1.807) is 11.8 Å². The van der Waals surface area contributed by atoms with Gasteiger partial charge in [0, 0.05) is 13.1 Å². The number of amides is 2. The molecule has 1 aliphatic rings. The Labute approximate surface area is 118 Å². The Kier molecular flexibility index (Phi) is 5.12. The lowest BCUT2D eigenvalue weighted by atomic mass is 10.1. The van der Waals surface area contributed by atoms with E-state index in [-0.39, 0.29) is 11.8 Å². The van der Waals surface area contributed by atoms with E-state index in [2.05, 4.69) is 5.32 Å². The molecule has 20 heavy (non-hydrogen) atoms. The largest absolute Gasteiger partial charge is 0.378 e. The molecule has 0 aliphatic carbocycles. The normalized spacial score (nSPS) is 16.6. The van der Waals surface area contributed by atoms with E-state index < -0.39 is 6.04 Å². The molecular formula is C15H20N2O3. The maximum absolute atomic E-state index is 12.1. The number of rotatable bonds is 4. The van der Waals surface area contributed by atoms with E-state index in [9.17, 15) is 9.59 Å². The van der Waals surface area contributed by atoms with Crippen molar-refractivity contribution in [3.63, 3.8) is 0 Å². The third kappa shape index (κ3) is 4.06. The van der Waals surface area contributed by atoms with E-state index in [4.69, 9.17) is 4.74 Å². The van der Waals surface area contributed by atoms with Gasteiger partial charge in [0.1, 0.15) is 6.04 Å². The van der Waals surface area contributed by atoms with Gasteiger partial charge in [0.25, 0.3) is 0 Å². The van der Waals surface area contributed by atoms with E-state index in [0.717, 1.165) is 5.56 Å². The Hall–Kier alpha value is -1.88. The van der Waals surface area contributed by atoms with Crippen LogP contribution >= 0.6 is 0 Å². The smallest absolute Gasteiger partial charge is 0.245 e. The van der Waals surface area contributed by atoms with Crippen molar-refractivity contribution in [3.8, 4) is 0 Å². The van der Waals surface area contributed by atoms with Crippen LogP contribution in [-0.4, -0.2) is 49.1 Å². The van der Waals surface area contributed by atoms with Gasteiger partial charge in [-0.3, -0.25) is 9.59 Å². The van der Waals surface area contributed by atoms with Crippen molar-refractivity contribution >= 4 is 11.8 Å². The van der Waals surface area contributed by atoms with Crippen LogP contribution in [0, 0.1) is 0 Å². The zero-order valence-corrected chi connectivity index (χ0v) is 11.7. The Bertz CT molecular complexity index is 455. The van der Waals surface area contributed by atoms with Gasteiger partial charge in [0.05, 0.1) is 19.6 Å². The highest BCUT2D eigenvalue weighted by Gasteiger charge is 2.23. The molecule has 0 unspecified atom stereocenters. The fourth-order valence-corrected chi connectivity index (χ4v) is 2.19. The van der Waals surface area contributed by atoms with E-state index in [1.165, 1.54) is 0 Å². The maximum Gasteiger partial charge on any atom is 0.245 e. The van der Waals surface area contributed by atoms with Gasteiger partial charge < -0.3 is 15.0 Å². The number of carbonyl (C=O) groups excluding carboxylic acids is 2. The van der Waals surface area contributed by atoms with Gasteiger partial charge in [-0.25, -0.2) is 0 Å². The third-order valence-corrected chi connectivity index (χ3v) is 3.28. The van der Waals surface area contributed by atoms with Crippen LogP contribution in [0.4, 0.5) is 0 Å². The van der Waals surface area contributed by atoms with Gasteiger partial charge >= 0.3 is 0 Å². The molecular weight excluding hydrogens is 256 g/mol. The molecule has 1 aromatic carbocycles. The van der Waals surface area contributed by atoms with Crippen LogP contribution in [0.2, 0.25) is 0 Å². The quantitative estimate of drug-likeness (QED) is 0.876. The van der Waals surface area contributed by atoms with E-state index in [0.29, 0.717) is 32.7 Å². The maximum atomic E-state index is 12.1. The summed E-state index contributed by atoms with van der Waals surface area (Å²) in [5, 5.41) is 2.75. The number of benzene rings is 1. The molecule has 2 amide bonds. The average molecular weight is 276 g/mol. The fourth-order valence-electron chi connectivity index (χ4n) is 2.19. The minimum atomic E-state index is -0.496. The number of hydrogen-bond acceptors (Lipinski definition) is 3. The summed E-state index contributed by atoms with van der Waals surface area (Å²) in [6.07, 6.45) is 0.293. The second-order valence-electron chi connectivity index (χ2n) is 4.89. The number of nitrogens with one attached hydrogen (secondary N) is 1. The summed E-state index contributed by atoms with van der Waals surface area (Å²) in [5.74, 6) is -0.181. The van der Waals surface area contributed by atoms with Crippen molar-refractivity contribution in [2.45, 2.75) is 19.4 Å². The summed E-state index contributed by atoms with van der Waals surface area (Å²) >= 11 is 0. The first kappa shape index (κ1) is 14.5. The highest BCUT2D eigenvalue weighted by atomic mass is 16.5. The number of nitrogens with zero attached hydrogens (tertiary/aromatic N) is 1. The third-order valence-electron chi connectivity index (χ3n) is 3.28. The summed E-state index contributed by atoms with van der Waals surface area (Å²) in [5.41, 5.74) is 0.941.